The van der Waals surface area contributed by atoms with E-state index in [0.29, 0.717) is 24.7 Å². The van der Waals surface area contributed by atoms with Crippen molar-refractivity contribution in [1.29, 1.82) is 0 Å². The molecule has 1 heterocycles. The van der Waals surface area contributed by atoms with Crippen molar-refractivity contribution in [1.82, 2.24) is 14.7 Å². The Morgan fingerprint density at radius 1 is 0.596 bits per heavy atom. The van der Waals surface area contributed by atoms with Crippen LogP contribution in [0.5, 0.6) is 0 Å². The molecule has 2 aliphatic rings. The molecule has 5 nitrogen and oxygen atoms in total. The first-order valence-electron chi connectivity index (χ1n) is 21.9. The van der Waals surface area contributed by atoms with Crippen LogP contribution in [0.15, 0.2) is 121 Å². The van der Waals surface area contributed by atoms with E-state index in [1.54, 1.807) is 0 Å². The number of carbonyl (C=O) groups is 2. The number of aryl methyl sites for hydroxylation is 1. The third kappa shape index (κ3) is 16.2. The Bertz CT molecular complexity index is 1650. The molecule has 0 N–H and O–H groups in total. The van der Waals surface area contributed by atoms with Gasteiger partial charge in [0.25, 0.3) is 0 Å². The molecule has 3 atom stereocenters. The van der Waals surface area contributed by atoms with Gasteiger partial charge in [-0.3, -0.25) is 9.59 Å². The second-order valence-corrected chi connectivity index (χ2v) is 16.7. The highest BCUT2D eigenvalue weighted by molar-refractivity contribution is 9.09. The van der Waals surface area contributed by atoms with E-state index < -0.39 is 0 Å². The van der Waals surface area contributed by atoms with Crippen LogP contribution in [0.2, 0.25) is 0 Å². The monoisotopic (exact) mass is 835 g/mol. The molecule has 3 unspecified atom stereocenters. The van der Waals surface area contributed by atoms with Crippen LogP contribution in [0.3, 0.4) is 0 Å². The lowest BCUT2D eigenvalue weighted by atomic mass is 9.88. The zero-order chi connectivity index (χ0) is 40.7. The van der Waals surface area contributed by atoms with Gasteiger partial charge in [-0.2, -0.15) is 0 Å². The number of alkyl halides is 1. The van der Waals surface area contributed by atoms with Crippen LogP contribution in [0.25, 0.3) is 0 Å². The molecule has 1 saturated carbocycles. The van der Waals surface area contributed by atoms with Crippen molar-refractivity contribution in [2.45, 2.75) is 110 Å². The molecular formula is C51H70BrN3O2. The minimum atomic E-state index is 0.133. The molecule has 6 rings (SSSR count). The first-order chi connectivity index (χ1) is 27.8. The Morgan fingerprint density at radius 3 is 1.47 bits per heavy atom. The maximum Gasteiger partial charge on any atom is 0.222 e. The third-order valence-corrected chi connectivity index (χ3v) is 12.2. The number of benzene rings is 4. The lowest BCUT2D eigenvalue weighted by Crippen LogP contribution is -2.44. The van der Waals surface area contributed by atoms with Gasteiger partial charge in [-0.1, -0.05) is 170 Å². The molecule has 6 heteroatoms. The number of nitrogens with zero attached hydrogens (tertiary/aromatic N) is 3. The van der Waals surface area contributed by atoms with Crippen molar-refractivity contribution in [2.24, 2.45) is 11.8 Å². The quantitative estimate of drug-likeness (QED) is 0.112. The van der Waals surface area contributed by atoms with E-state index in [4.69, 9.17) is 0 Å². The molecule has 0 bridgehead atoms. The summed E-state index contributed by atoms with van der Waals surface area (Å²) in [6.45, 7) is 13.4. The van der Waals surface area contributed by atoms with Gasteiger partial charge in [-0.15, -0.1) is 0 Å². The average molecular weight is 837 g/mol. The number of likely N-dealkylation sites (tertiary alicyclic amines) is 1. The molecule has 0 aromatic heterocycles. The Hall–Kier alpha value is -3.74. The fourth-order valence-electron chi connectivity index (χ4n) is 8.30. The van der Waals surface area contributed by atoms with Gasteiger partial charge in [-0.25, -0.2) is 0 Å². The summed E-state index contributed by atoms with van der Waals surface area (Å²) in [6.07, 6.45) is 12.5. The Balaban J connectivity index is 0.000000215. The summed E-state index contributed by atoms with van der Waals surface area (Å²) < 4.78 is 0. The van der Waals surface area contributed by atoms with Gasteiger partial charge in [-0.05, 0) is 93.0 Å². The van der Waals surface area contributed by atoms with Crippen LogP contribution >= 0.6 is 15.9 Å². The van der Waals surface area contributed by atoms with Gasteiger partial charge in [0.05, 0.1) is 12.1 Å². The number of piperidine rings is 1. The van der Waals surface area contributed by atoms with E-state index in [2.05, 4.69) is 148 Å². The molecule has 2 amide bonds. The van der Waals surface area contributed by atoms with Crippen LogP contribution in [0.1, 0.15) is 120 Å². The molecule has 308 valence electrons. The summed E-state index contributed by atoms with van der Waals surface area (Å²) in [4.78, 5) is 31.8. The van der Waals surface area contributed by atoms with Crippen LogP contribution in [0, 0.1) is 11.8 Å². The van der Waals surface area contributed by atoms with Crippen LogP contribution in [0.4, 0.5) is 0 Å². The summed E-state index contributed by atoms with van der Waals surface area (Å²) in [7, 11) is 0. The predicted molar refractivity (Wildman–Crippen MR) is 244 cm³/mol. The van der Waals surface area contributed by atoms with Gasteiger partial charge < -0.3 is 14.7 Å². The van der Waals surface area contributed by atoms with E-state index in [9.17, 15) is 9.59 Å². The van der Waals surface area contributed by atoms with Gasteiger partial charge >= 0.3 is 0 Å². The second kappa shape index (κ2) is 26.3. The van der Waals surface area contributed by atoms with Gasteiger partial charge in [0.2, 0.25) is 11.8 Å². The fraction of sp³-hybridized carbons (Fsp3) is 0.490. The smallest absolute Gasteiger partial charge is 0.222 e. The number of carbonyl (C=O) groups excluding carboxylic acids is 2. The Morgan fingerprint density at radius 2 is 1.02 bits per heavy atom. The standard InChI is InChI=1S/C25H34N2O.C18H27NO.C8H9Br/c1-3-25(28)27(21(2)24-14-8-5-9-15-24)20-23-13-10-17-26(19-23)18-16-22-11-6-4-7-12-22;1-3-18(20)19(14-16-10-6-4-7-11-16)15(2)17-12-8-5-9-13-17;9-7-6-8-4-2-1-3-5-8/h4-9,11-12,14-15,21,23H,3,10,13,16-20H2,1-2H3;5,8-9,12-13,15-16H,3-4,6-7,10-11,14H2,1-2H3;1-5H,6-7H2. The zero-order valence-corrected chi connectivity index (χ0v) is 37.0. The first-order valence-corrected chi connectivity index (χ1v) is 23.0. The molecule has 57 heavy (non-hydrogen) atoms. The summed E-state index contributed by atoms with van der Waals surface area (Å²) in [6, 6.07) is 42.3. The van der Waals surface area contributed by atoms with Gasteiger partial charge in [0, 0.05) is 44.4 Å². The topological polar surface area (TPSA) is 43.9 Å². The lowest BCUT2D eigenvalue weighted by molar-refractivity contribution is -0.134. The Kier molecular flexibility index (Phi) is 21.2. The molecular weight excluding hydrogens is 766 g/mol. The van der Waals surface area contributed by atoms with Crippen LogP contribution in [-0.4, -0.2) is 64.6 Å². The molecule has 0 radical (unpaired) electrons. The molecule has 2 fully saturated rings. The third-order valence-electron chi connectivity index (χ3n) is 11.8. The van der Waals surface area contributed by atoms with Crippen LogP contribution in [-0.2, 0) is 22.4 Å². The first kappa shape index (κ1) is 46.0. The summed E-state index contributed by atoms with van der Waals surface area (Å²) in [5.41, 5.74) is 5.27. The van der Waals surface area contributed by atoms with Gasteiger partial charge in [0.1, 0.15) is 0 Å². The van der Waals surface area contributed by atoms with Crippen molar-refractivity contribution in [3.8, 4) is 0 Å². The van der Waals surface area contributed by atoms with Crippen molar-refractivity contribution in [2.75, 3.05) is 38.1 Å². The maximum atomic E-state index is 12.7. The number of rotatable bonds is 15. The molecule has 1 aliphatic carbocycles. The van der Waals surface area contributed by atoms with E-state index in [1.165, 1.54) is 73.7 Å². The van der Waals surface area contributed by atoms with E-state index >= 15 is 0 Å². The second-order valence-electron chi connectivity index (χ2n) is 15.9. The lowest BCUT2D eigenvalue weighted by Gasteiger charge is -2.38. The maximum absolute atomic E-state index is 12.7. The molecule has 1 aliphatic heterocycles. The largest absolute Gasteiger partial charge is 0.336 e. The van der Waals surface area contributed by atoms with E-state index in [0.717, 1.165) is 44.4 Å². The van der Waals surface area contributed by atoms with Gasteiger partial charge in [0.15, 0.2) is 0 Å². The number of halogens is 1. The summed E-state index contributed by atoms with van der Waals surface area (Å²) in [5.74, 6) is 1.81. The highest BCUT2D eigenvalue weighted by Crippen LogP contribution is 2.29. The fourth-order valence-corrected chi connectivity index (χ4v) is 8.75. The van der Waals surface area contributed by atoms with Crippen LogP contribution < -0.4 is 0 Å². The SMILES string of the molecule is BrCCc1ccccc1.CCC(=O)N(CC1CCCCC1)C(C)c1ccccc1.CCC(=O)N(CC1CCCN(CCc2ccccc2)C1)C(C)c1ccccc1. The summed E-state index contributed by atoms with van der Waals surface area (Å²) >= 11 is 3.39. The molecule has 4 aromatic rings. The minimum Gasteiger partial charge on any atom is -0.336 e. The van der Waals surface area contributed by atoms with E-state index in [1.807, 2.05) is 32.0 Å². The highest BCUT2D eigenvalue weighted by atomic mass is 79.9. The van der Waals surface area contributed by atoms with Crippen molar-refractivity contribution in [3.05, 3.63) is 144 Å². The number of hydrogen-bond donors (Lipinski definition) is 0. The number of amides is 2. The Labute approximate surface area is 354 Å². The van der Waals surface area contributed by atoms with Crippen molar-refractivity contribution >= 4 is 27.7 Å². The zero-order valence-electron chi connectivity index (χ0n) is 35.4. The number of hydrogen-bond acceptors (Lipinski definition) is 3. The van der Waals surface area contributed by atoms with Crippen molar-refractivity contribution < 1.29 is 9.59 Å². The predicted octanol–water partition coefficient (Wildman–Crippen LogP) is 12.1. The highest BCUT2D eigenvalue weighted by Gasteiger charge is 2.27. The van der Waals surface area contributed by atoms with Crippen molar-refractivity contribution in [3.63, 3.8) is 0 Å². The summed E-state index contributed by atoms with van der Waals surface area (Å²) in [5, 5.41) is 1.05. The van der Waals surface area contributed by atoms with E-state index in [-0.39, 0.29) is 23.9 Å². The molecule has 4 aromatic carbocycles. The average Bonchev–Trinajstić information content (AvgIpc) is 3.28. The normalized spacial score (nSPS) is 16.8. The molecule has 0 spiro atoms. The minimum absolute atomic E-state index is 0.133. The molecule has 1 saturated heterocycles.